The van der Waals surface area contributed by atoms with Crippen molar-refractivity contribution < 1.29 is 18.3 Å². The van der Waals surface area contributed by atoms with E-state index in [2.05, 4.69) is 31.5 Å². The highest BCUT2D eigenvalue weighted by Gasteiger charge is 2.42. The van der Waals surface area contributed by atoms with E-state index < -0.39 is 0 Å². The Morgan fingerprint density at radius 2 is 1.81 bits per heavy atom. The van der Waals surface area contributed by atoms with Gasteiger partial charge in [0.15, 0.2) is 11.7 Å². The number of rotatable bonds is 8. The number of amides is 1. The normalized spacial score (nSPS) is 16.2. The van der Waals surface area contributed by atoms with Gasteiger partial charge in [0.2, 0.25) is 0 Å². The maximum Gasteiger partial charge on any atom is 0.262 e. The van der Waals surface area contributed by atoms with Crippen LogP contribution in [0.5, 0.6) is 5.75 Å². The van der Waals surface area contributed by atoms with Crippen LogP contribution < -0.4 is 20.3 Å². The third-order valence-electron chi connectivity index (χ3n) is 6.76. The van der Waals surface area contributed by atoms with E-state index in [-0.39, 0.29) is 30.4 Å². The molecule has 10 heteroatoms. The second-order valence-corrected chi connectivity index (χ2v) is 10.8. The molecule has 3 heterocycles. The summed E-state index contributed by atoms with van der Waals surface area (Å²) in [4.78, 5) is 19.0. The summed E-state index contributed by atoms with van der Waals surface area (Å²) in [7, 11) is 0. The molecule has 2 N–H and O–H groups in total. The highest BCUT2D eigenvalue weighted by molar-refractivity contribution is 9.10. The highest BCUT2D eigenvalue weighted by atomic mass is 79.9. The number of thiocarbonyl (C=S) groups is 1. The van der Waals surface area contributed by atoms with Crippen LogP contribution in [0.4, 0.5) is 15.8 Å². The van der Waals surface area contributed by atoms with Gasteiger partial charge in [-0.25, -0.2) is 4.39 Å². The number of furan rings is 1. The lowest BCUT2D eigenvalue weighted by molar-refractivity contribution is -0.118. The third-order valence-corrected chi connectivity index (χ3v) is 7.73. The number of anilines is 2. The van der Waals surface area contributed by atoms with E-state index in [9.17, 15) is 9.18 Å². The molecule has 42 heavy (non-hydrogen) atoms. The second-order valence-electron chi connectivity index (χ2n) is 9.52. The van der Waals surface area contributed by atoms with Gasteiger partial charge in [-0.3, -0.25) is 9.78 Å². The molecule has 1 aliphatic rings. The monoisotopic (exact) mass is 642 g/mol. The lowest BCUT2D eigenvalue weighted by Gasteiger charge is -2.26. The molecule has 7 nitrogen and oxygen atoms in total. The van der Waals surface area contributed by atoms with Crippen LogP contribution in [0.15, 0.2) is 118 Å². The number of halogens is 2. The Balaban J connectivity index is 1.26. The van der Waals surface area contributed by atoms with Gasteiger partial charge in [-0.15, -0.1) is 0 Å². The Bertz CT molecular complexity index is 1720. The van der Waals surface area contributed by atoms with Crippen LogP contribution in [0.3, 0.4) is 0 Å². The number of para-hydroxylation sites is 1. The van der Waals surface area contributed by atoms with Gasteiger partial charge < -0.3 is 24.7 Å². The fourth-order valence-corrected chi connectivity index (χ4v) is 5.73. The van der Waals surface area contributed by atoms with Gasteiger partial charge in [0, 0.05) is 27.6 Å². The van der Waals surface area contributed by atoms with E-state index in [1.54, 1.807) is 24.4 Å². The van der Waals surface area contributed by atoms with Crippen LogP contribution in [0, 0.1) is 5.82 Å². The standard InChI is InChI=1S/C32H24BrFN4O3S/c33-25-18-20(34)9-14-24(25)27-15-16-28(41-27)31-30(26-8-4-5-17-35-26)37-32(42)38(31)22-12-10-21(11-13-22)36-29(39)19-40-23-6-2-1-3-7-23/h1-18,30-31H,19H2,(H,36,39)(H,37,42)/t30-,31+/m0/s1. The number of pyridine rings is 1. The van der Waals surface area contributed by atoms with Gasteiger partial charge in [-0.2, -0.15) is 0 Å². The first-order valence-corrected chi connectivity index (χ1v) is 14.3. The number of carbonyl (C=O) groups is 1. The molecule has 0 bridgehead atoms. The number of benzene rings is 3. The smallest absolute Gasteiger partial charge is 0.262 e. The number of hydrogen-bond donors (Lipinski definition) is 2. The zero-order valence-corrected chi connectivity index (χ0v) is 24.4. The van der Waals surface area contributed by atoms with Crippen molar-refractivity contribution in [1.29, 1.82) is 0 Å². The Hall–Kier alpha value is -4.54. The summed E-state index contributed by atoms with van der Waals surface area (Å²) in [6.07, 6.45) is 1.74. The first kappa shape index (κ1) is 27.6. The quantitative estimate of drug-likeness (QED) is 0.170. The van der Waals surface area contributed by atoms with Gasteiger partial charge in [-0.05, 0) is 107 Å². The molecule has 1 amide bonds. The van der Waals surface area contributed by atoms with Crippen molar-refractivity contribution in [1.82, 2.24) is 10.3 Å². The molecule has 0 unspecified atom stereocenters. The van der Waals surface area contributed by atoms with E-state index in [1.807, 2.05) is 77.7 Å². The van der Waals surface area contributed by atoms with E-state index >= 15 is 0 Å². The first-order valence-electron chi connectivity index (χ1n) is 13.1. The number of carbonyl (C=O) groups excluding carboxylic acids is 1. The molecule has 0 radical (unpaired) electrons. The van der Waals surface area contributed by atoms with E-state index in [0.29, 0.717) is 32.5 Å². The first-order chi connectivity index (χ1) is 20.5. The SMILES string of the molecule is O=C(COc1ccccc1)Nc1ccc(N2C(=S)N[C@@H](c3ccccn3)[C@H]2c2ccc(-c3ccc(F)cc3Br)o2)cc1. The van der Waals surface area contributed by atoms with Crippen LogP contribution in [0.1, 0.15) is 23.5 Å². The lowest BCUT2D eigenvalue weighted by atomic mass is 10.0. The number of aromatic nitrogens is 1. The van der Waals surface area contributed by atoms with Crippen molar-refractivity contribution in [2.45, 2.75) is 12.1 Å². The fraction of sp³-hybridized carbons (Fsp3) is 0.0938. The van der Waals surface area contributed by atoms with Crippen molar-refractivity contribution in [3.05, 3.63) is 131 Å². The molecule has 2 aromatic heterocycles. The molecule has 0 spiro atoms. The summed E-state index contributed by atoms with van der Waals surface area (Å²) in [5, 5.41) is 6.77. The van der Waals surface area contributed by atoms with Crippen LogP contribution in [0.2, 0.25) is 0 Å². The van der Waals surface area contributed by atoms with Gasteiger partial charge in [-0.1, -0.05) is 24.3 Å². The van der Waals surface area contributed by atoms with Crippen molar-refractivity contribution in [2.75, 3.05) is 16.8 Å². The predicted molar refractivity (Wildman–Crippen MR) is 167 cm³/mol. The van der Waals surface area contributed by atoms with Gasteiger partial charge in [0.25, 0.3) is 5.91 Å². The molecule has 1 aliphatic heterocycles. The van der Waals surface area contributed by atoms with E-state index in [0.717, 1.165) is 16.9 Å². The Morgan fingerprint density at radius 3 is 2.55 bits per heavy atom. The maximum absolute atomic E-state index is 13.7. The molecule has 5 aromatic rings. The zero-order chi connectivity index (χ0) is 29.1. The predicted octanol–water partition coefficient (Wildman–Crippen LogP) is 7.44. The Kier molecular flexibility index (Phi) is 7.98. The summed E-state index contributed by atoms with van der Waals surface area (Å²) >= 11 is 9.24. The van der Waals surface area contributed by atoms with Crippen molar-refractivity contribution in [3.8, 4) is 17.1 Å². The summed E-state index contributed by atoms with van der Waals surface area (Å²) in [5.74, 6) is 1.25. The average molecular weight is 644 g/mol. The molecule has 210 valence electrons. The zero-order valence-electron chi connectivity index (χ0n) is 22.0. The molecular formula is C32H24BrFN4O3S. The molecule has 0 aliphatic carbocycles. The third kappa shape index (κ3) is 5.90. The minimum atomic E-state index is -0.375. The molecule has 0 saturated carbocycles. The maximum atomic E-state index is 13.7. The minimum Gasteiger partial charge on any atom is -0.484 e. The van der Waals surface area contributed by atoms with Gasteiger partial charge in [0.05, 0.1) is 11.7 Å². The van der Waals surface area contributed by atoms with Crippen LogP contribution in [-0.2, 0) is 4.79 Å². The van der Waals surface area contributed by atoms with Crippen LogP contribution >= 0.6 is 28.1 Å². The largest absolute Gasteiger partial charge is 0.484 e. The van der Waals surface area contributed by atoms with Crippen molar-refractivity contribution in [2.24, 2.45) is 0 Å². The Morgan fingerprint density at radius 1 is 1.02 bits per heavy atom. The average Bonchev–Trinajstić information content (AvgIpc) is 3.62. The Labute approximate surface area is 255 Å². The summed E-state index contributed by atoms with van der Waals surface area (Å²) in [6, 6.07) is 29.8. The summed E-state index contributed by atoms with van der Waals surface area (Å²) in [6.45, 7) is -0.106. The summed E-state index contributed by atoms with van der Waals surface area (Å²) in [5.41, 5.74) is 2.96. The number of nitrogens with zero attached hydrogens (tertiary/aromatic N) is 2. The molecule has 3 aromatic carbocycles. The minimum absolute atomic E-state index is 0.106. The van der Waals surface area contributed by atoms with Gasteiger partial charge in [0.1, 0.15) is 29.1 Å². The second kappa shape index (κ2) is 12.1. The fourth-order valence-electron chi connectivity index (χ4n) is 4.84. The lowest BCUT2D eigenvalue weighted by Crippen LogP contribution is -2.29. The number of nitrogens with one attached hydrogen (secondary N) is 2. The number of ether oxygens (including phenoxy) is 1. The molecule has 6 rings (SSSR count). The van der Waals surface area contributed by atoms with E-state index in [4.69, 9.17) is 21.4 Å². The molecule has 1 saturated heterocycles. The van der Waals surface area contributed by atoms with Crippen LogP contribution in [-0.4, -0.2) is 22.6 Å². The van der Waals surface area contributed by atoms with E-state index in [1.165, 1.54) is 12.1 Å². The molecular weight excluding hydrogens is 619 g/mol. The number of hydrogen-bond acceptors (Lipinski definition) is 5. The van der Waals surface area contributed by atoms with Crippen molar-refractivity contribution >= 4 is 50.5 Å². The van der Waals surface area contributed by atoms with Crippen LogP contribution in [0.25, 0.3) is 11.3 Å². The van der Waals surface area contributed by atoms with Gasteiger partial charge >= 0.3 is 0 Å². The molecule has 2 atom stereocenters. The molecule has 1 fully saturated rings. The van der Waals surface area contributed by atoms with Crippen molar-refractivity contribution in [3.63, 3.8) is 0 Å². The summed E-state index contributed by atoms with van der Waals surface area (Å²) < 4.78 is 26.2. The topological polar surface area (TPSA) is 79.6 Å². The highest BCUT2D eigenvalue weighted by Crippen LogP contribution is 2.43.